The first-order chi connectivity index (χ1) is 16.8. The Morgan fingerprint density at radius 3 is 1.31 bits per heavy atom. The molecule has 0 unspecified atom stereocenters. The van der Waals surface area contributed by atoms with Gasteiger partial charge in [0.1, 0.15) is 0 Å². The smallest absolute Gasteiger partial charge is 0.434 e. The van der Waals surface area contributed by atoms with Gasteiger partial charge in [0.15, 0.2) is 6.61 Å². The zero-order valence-electron chi connectivity index (χ0n) is 17.6. The Labute approximate surface area is 200 Å². The first kappa shape index (κ1) is 36.8. The van der Waals surface area contributed by atoms with Crippen LogP contribution in [-0.2, 0) is 9.47 Å². The molecule has 0 saturated heterocycles. The minimum absolute atomic E-state index is 1.45. The summed E-state index contributed by atoms with van der Waals surface area (Å²) in [5, 5.41) is 0. The molecule has 0 atom stereocenters. The van der Waals surface area contributed by atoms with Crippen LogP contribution in [0, 0.1) is 0 Å². The van der Waals surface area contributed by atoms with Crippen LogP contribution in [-0.4, -0.2) is 79.4 Å². The highest BCUT2D eigenvalue weighted by Gasteiger charge is 2.93. The average molecular weight is 636 g/mol. The van der Waals surface area contributed by atoms with Crippen molar-refractivity contribution < 1.29 is 106 Å². The summed E-state index contributed by atoms with van der Waals surface area (Å²) in [6, 6.07) is 0. The van der Waals surface area contributed by atoms with E-state index in [1.165, 1.54) is 0 Å². The molecule has 0 aliphatic heterocycles. The van der Waals surface area contributed by atoms with Gasteiger partial charge in [0.05, 0.1) is 6.61 Å². The summed E-state index contributed by atoms with van der Waals surface area (Å²) in [5.41, 5.74) is 0. The van der Waals surface area contributed by atoms with Gasteiger partial charge < -0.3 is 9.47 Å². The average Bonchev–Trinajstić information content (AvgIpc) is 2.73. The predicted molar refractivity (Wildman–Crippen MR) is 78.2 cm³/mol. The Bertz CT molecular complexity index is 846. The van der Waals surface area contributed by atoms with Crippen LogP contribution in [0.4, 0.5) is 97.0 Å². The van der Waals surface area contributed by atoms with Crippen LogP contribution < -0.4 is 0 Å². The van der Waals surface area contributed by atoms with Crippen molar-refractivity contribution in [1.29, 1.82) is 0 Å². The third-order valence-corrected chi connectivity index (χ3v) is 4.37. The molecule has 39 heavy (non-hydrogen) atoms. The maximum Gasteiger partial charge on any atom is 0.508 e. The molecule has 0 bridgehead atoms. The maximum absolute atomic E-state index is 13.5. The van der Waals surface area contributed by atoms with Crippen molar-refractivity contribution in [2.45, 2.75) is 72.8 Å². The zero-order valence-corrected chi connectivity index (χ0v) is 17.6. The fourth-order valence-corrected chi connectivity index (χ4v) is 2.04. The summed E-state index contributed by atoms with van der Waals surface area (Å²) in [5.74, 6) is -62.1. The van der Waals surface area contributed by atoms with Gasteiger partial charge in [-0.15, -0.1) is 0 Å². The van der Waals surface area contributed by atoms with Gasteiger partial charge in [0.2, 0.25) is 0 Å². The van der Waals surface area contributed by atoms with Crippen molar-refractivity contribution in [3.63, 3.8) is 0 Å². The molecule has 0 rings (SSSR count). The highest BCUT2D eigenvalue weighted by Crippen LogP contribution is 2.62. The summed E-state index contributed by atoms with van der Waals surface area (Å²) < 4.78 is 277. The lowest BCUT2D eigenvalue weighted by molar-refractivity contribution is -0.447. The van der Waals surface area contributed by atoms with Gasteiger partial charge in [-0.05, 0) is 6.42 Å². The standard InChI is InChI=1S/C15H9F21O3/c16-5(17)9(22,23)11(26,27)13(30,31)14(32,33)12(28,29)10(24,25)8(20,21)4-39-6(37)38-3-1-2-7(18,19)15(34,35)36/h5H,1-4H2. The first-order valence-corrected chi connectivity index (χ1v) is 8.96. The quantitative estimate of drug-likeness (QED) is 0.118. The van der Waals surface area contributed by atoms with Gasteiger partial charge in [-0.1, -0.05) is 0 Å². The number of carbonyl (C=O) groups excluding carboxylic acids is 1. The maximum atomic E-state index is 13.5. The minimum Gasteiger partial charge on any atom is -0.434 e. The Morgan fingerprint density at radius 2 is 0.923 bits per heavy atom. The van der Waals surface area contributed by atoms with Crippen LogP contribution in [0.1, 0.15) is 12.8 Å². The van der Waals surface area contributed by atoms with Gasteiger partial charge in [-0.3, -0.25) is 0 Å². The van der Waals surface area contributed by atoms with E-state index in [4.69, 9.17) is 0 Å². The van der Waals surface area contributed by atoms with E-state index in [2.05, 4.69) is 9.47 Å². The van der Waals surface area contributed by atoms with Crippen molar-refractivity contribution in [1.82, 2.24) is 0 Å². The van der Waals surface area contributed by atoms with Gasteiger partial charge in [-0.2, -0.15) is 83.4 Å². The lowest BCUT2D eigenvalue weighted by Gasteiger charge is -2.42. The first-order valence-electron chi connectivity index (χ1n) is 8.96. The van der Waals surface area contributed by atoms with E-state index >= 15 is 0 Å². The van der Waals surface area contributed by atoms with E-state index < -0.39 is 92.2 Å². The van der Waals surface area contributed by atoms with Crippen LogP contribution in [0.25, 0.3) is 0 Å². The molecule has 0 spiro atoms. The number of hydrogen-bond acceptors (Lipinski definition) is 3. The molecule has 0 heterocycles. The molecule has 0 aromatic heterocycles. The van der Waals surface area contributed by atoms with Crippen LogP contribution in [0.5, 0.6) is 0 Å². The molecule has 0 aromatic rings. The summed E-state index contributed by atoms with van der Waals surface area (Å²) in [6.07, 6.45) is -18.5. The summed E-state index contributed by atoms with van der Waals surface area (Å²) in [6.45, 7) is -5.20. The van der Waals surface area contributed by atoms with Gasteiger partial charge in [0, 0.05) is 6.42 Å². The topological polar surface area (TPSA) is 35.5 Å². The molecular weight excluding hydrogens is 627 g/mol. The minimum atomic E-state index is -8.67. The van der Waals surface area contributed by atoms with Crippen molar-refractivity contribution in [3.05, 3.63) is 0 Å². The third-order valence-electron chi connectivity index (χ3n) is 4.37. The number of rotatable bonds is 13. The fraction of sp³-hybridized carbons (Fsp3) is 0.933. The Hall–Kier alpha value is -2.20. The van der Waals surface area contributed by atoms with Crippen molar-refractivity contribution in [2.24, 2.45) is 0 Å². The zero-order chi connectivity index (χ0) is 31.9. The molecule has 0 amide bonds. The SMILES string of the molecule is O=C(OCCCC(F)(F)C(F)(F)F)OCC(F)(F)C(F)(F)C(F)(F)C(F)(F)C(F)(F)C(F)(F)C(F)(F)C(F)F. The number of ether oxygens (including phenoxy) is 2. The molecule has 0 fully saturated rings. The Balaban J connectivity index is 5.74. The monoisotopic (exact) mass is 636 g/mol. The van der Waals surface area contributed by atoms with Crippen molar-refractivity contribution in [2.75, 3.05) is 13.2 Å². The summed E-state index contributed by atoms with van der Waals surface area (Å²) in [7, 11) is 0. The number of hydrogen-bond donors (Lipinski definition) is 0. The van der Waals surface area contributed by atoms with E-state index in [0.29, 0.717) is 0 Å². The number of carbonyl (C=O) groups is 1. The normalized spacial score (nSPS) is 15.5. The van der Waals surface area contributed by atoms with Crippen LogP contribution in [0.15, 0.2) is 0 Å². The highest BCUT2D eigenvalue weighted by atomic mass is 19.4. The van der Waals surface area contributed by atoms with Crippen molar-refractivity contribution >= 4 is 6.16 Å². The number of halogens is 21. The molecule has 0 aliphatic carbocycles. The number of alkyl halides is 21. The third kappa shape index (κ3) is 6.26. The second kappa shape index (κ2) is 10.7. The lowest BCUT2D eigenvalue weighted by atomic mass is 9.89. The van der Waals surface area contributed by atoms with Crippen LogP contribution >= 0.6 is 0 Å². The van der Waals surface area contributed by atoms with Gasteiger partial charge in [-0.25, -0.2) is 13.6 Å². The van der Waals surface area contributed by atoms with Crippen LogP contribution in [0.2, 0.25) is 0 Å². The van der Waals surface area contributed by atoms with E-state index in [1.54, 1.807) is 0 Å². The molecule has 0 N–H and O–H groups in total. The Morgan fingerprint density at radius 1 is 0.538 bits per heavy atom. The molecule has 0 radical (unpaired) electrons. The van der Waals surface area contributed by atoms with E-state index in [-0.39, 0.29) is 0 Å². The second-order valence-electron chi connectivity index (χ2n) is 7.19. The largest absolute Gasteiger partial charge is 0.508 e. The van der Waals surface area contributed by atoms with Crippen molar-refractivity contribution in [3.8, 4) is 0 Å². The van der Waals surface area contributed by atoms with E-state index in [1.807, 2.05) is 0 Å². The second-order valence-corrected chi connectivity index (χ2v) is 7.19. The molecule has 0 aromatic carbocycles. The molecular formula is C15H9F21O3. The van der Waals surface area contributed by atoms with Gasteiger partial charge >= 0.3 is 66.1 Å². The van der Waals surface area contributed by atoms with E-state index in [0.717, 1.165) is 0 Å². The van der Waals surface area contributed by atoms with Gasteiger partial charge in [0.25, 0.3) is 0 Å². The highest BCUT2D eigenvalue weighted by molar-refractivity contribution is 5.59. The molecule has 3 nitrogen and oxygen atoms in total. The van der Waals surface area contributed by atoms with Crippen LogP contribution in [0.3, 0.4) is 0 Å². The molecule has 234 valence electrons. The predicted octanol–water partition coefficient (Wildman–Crippen LogP) is 7.83. The van der Waals surface area contributed by atoms with E-state index in [9.17, 15) is 97.0 Å². The molecule has 24 heteroatoms. The summed E-state index contributed by atoms with van der Waals surface area (Å²) >= 11 is 0. The summed E-state index contributed by atoms with van der Waals surface area (Å²) in [4.78, 5) is 10.9. The fourth-order valence-electron chi connectivity index (χ4n) is 2.04. The molecule has 0 saturated carbocycles. The lowest BCUT2D eigenvalue weighted by Crippen LogP contribution is -2.74. The Kier molecular flexibility index (Phi) is 10.1. The molecule has 0 aliphatic rings.